The molecule has 2 aromatic rings. The van der Waals surface area contributed by atoms with Gasteiger partial charge >= 0.3 is 0 Å². The van der Waals surface area contributed by atoms with Gasteiger partial charge in [0.2, 0.25) is 11.5 Å². The number of nitrogen functional groups attached to an aromatic ring is 1. The largest absolute Gasteiger partial charge is 0.495 e. The Morgan fingerprint density at radius 2 is 1.48 bits per heavy atom. The topological polar surface area (TPSA) is 89.2 Å². The molecule has 0 fully saturated rings. The number of nitrogens with two attached hydrogens (primary N) is 1. The van der Waals surface area contributed by atoms with Gasteiger partial charge in [-0.2, -0.15) is 0 Å². The lowest BCUT2D eigenvalue weighted by Gasteiger charge is -2.18. The van der Waals surface area contributed by atoms with Gasteiger partial charge in [-0.25, -0.2) is 0 Å². The zero-order valence-electron chi connectivity index (χ0n) is 17.6. The van der Waals surface area contributed by atoms with Gasteiger partial charge in [-0.1, -0.05) is 13.0 Å². The van der Waals surface area contributed by atoms with Crippen LogP contribution in [0.3, 0.4) is 0 Å². The van der Waals surface area contributed by atoms with E-state index < -0.39 is 0 Å². The molecule has 0 heterocycles. The summed E-state index contributed by atoms with van der Waals surface area (Å²) in [6, 6.07) is 6.94. The van der Waals surface area contributed by atoms with Gasteiger partial charge in [0.05, 0.1) is 46.8 Å². The van der Waals surface area contributed by atoms with Gasteiger partial charge in [0, 0.05) is 5.57 Å². The van der Waals surface area contributed by atoms with Crippen molar-refractivity contribution in [2.24, 2.45) is 0 Å². The lowest BCUT2D eigenvalue weighted by molar-refractivity contribution is 0.102. The molecule has 0 unspecified atom stereocenters. The molecule has 156 valence electrons. The van der Waals surface area contributed by atoms with E-state index in [-0.39, 0.29) is 11.5 Å². The first-order valence-corrected chi connectivity index (χ1v) is 9.01. The van der Waals surface area contributed by atoms with Crippen molar-refractivity contribution in [2.75, 3.05) is 41.3 Å². The summed E-state index contributed by atoms with van der Waals surface area (Å²) in [5, 5.41) is 0. The molecule has 2 aromatic carbocycles. The standard InChI is InChI=1S/C22H27NO6/c1-7-14(10-13-8-9-16(23)17(11-13)25-2)19(24)15-12-18(26-3)21(28-5)22(29-6)20(15)27-4/h8-12H,7,23H2,1-6H3. The van der Waals surface area contributed by atoms with E-state index in [0.29, 0.717) is 46.2 Å². The molecule has 0 atom stereocenters. The Hall–Kier alpha value is -3.35. The number of carbonyl (C=O) groups excluding carboxylic acids is 1. The van der Waals surface area contributed by atoms with E-state index in [2.05, 4.69) is 0 Å². The fraction of sp³-hybridized carbons (Fsp3) is 0.318. The van der Waals surface area contributed by atoms with Crippen LogP contribution in [-0.4, -0.2) is 41.3 Å². The van der Waals surface area contributed by atoms with Crippen molar-refractivity contribution in [1.82, 2.24) is 0 Å². The molecule has 7 heteroatoms. The zero-order chi connectivity index (χ0) is 21.6. The molecular weight excluding hydrogens is 374 g/mol. The van der Waals surface area contributed by atoms with Gasteiger partial charge in [-0.3, -0.25) is 4.79 Å². The fourth-order valence-corrected chi connectivity index (χ4v) is 3.02. The lowest BCUT2D eigenvalue weighted by Crippen LogP contribution is -2.08. The maximum atomic E-state index is 13.4. The Labute approximate surface area is 171 Å². The number of allylic oxidation sites excluding steroid dienone is 1. The number of carbonyl (C=O) groups is 1. The molecule has 0 aliphatic heterocycles. The van der Waals surface area contributed by atoms with Gasteiger partial charge in [0.1, 0.15) is 5.75 Å². The highest BCUT2D eigenvalue weighted by Crippen LogP contribution is 2.47. The third-order valence-corrected chi connectivity index (χ3v) is 4.50. The summed E-state index contributed by atoms with van der Waals surface area (Å²) in [6.07, 6.45) is 2.30. The first kappa shape index (κ1) is 21.9. The number of hydrogen-bond donors (Lipinski definition) is 1. The SMILES string of the molecule is CCC(=Cc1ccc(N)c(OC)c1)C(=O)c1cc(OC)c(OC)c(OC)c1OC. The Morgan fingerprint density at radius 3 is 2.00 bits per heavy atom. The van der Waals surface area contributed by atoms with Crippen molar-refractivity contribution in [3.05, 3.63) is 41.0 Å². The monoisotopic (exact) mass is 401 g/mol. The summed E-state index contributed by atoms with van der Waals surface area (Å²) in [6.45, 7) is 1.91. The van der Waals surface area contributed by atoms with Crippen LogP contribution in [0.25, 0.3) is 6.08 Å². The van der Waals surface area contributed by atoms with Crippen molar-refractivity contribution in [2.45, 2.75) is 13.3 Å². The predicted molar refractivity (Wildman–Crippen MR) is 113 cm³/mol. The molecule has 0 aliphatic rings. The molecule has 29 heavy (non-hydrogen) atoms. The molecular formula is C22H27NO6. The number of anilines is 1. The van der Waals surface area contributed by atoms with Gasteiger partial charge in [-0.15, -0.1) is 0 Å². The third-order valence-electron chi connectivity index (χ3n) is 4.50. The first-order chi connectivity index (χ1) is 13.9. The minimum absolute atomic E-state index is 0.209. The molecule has 0 amide bonds. The minimum atomic E-state index is -0.209. The molecule has 0 aromatic heterocycles. The lowest BCUT2D eigenvalue weighted by atomic mass is 9.97. The molecule has 2 rings (SSSR count). The van der Waals surface area contributed by atoms with Gasteiger partial charge in [0.15, 0.2) is 17.3 Å². The Bertz CT molecular complexity index is 920. The maximum Gasteiger partial charge on any atom is 0.208 e. The van der Waals surface area contributed by atoms with Crippen LogP contribution >= 0.6 is 0 Å². The fourth-order valence-electron chi connectivity index (χ4n) is 3.02. The van der Waals surface area contributed by atoms with E-state index in [4.69, 9.17) is 29.4 Å². The number of ketones is 1. The van der Waals surface area contributed by atoms with Crippen LogP contribution in [0.4, 0.5) is 5.69 Å². The van der Waals surface area contributed by atoms with E-state index >= 15 is 0 Å². The first-order valence-electron chi connectivity index (χ1n) is 9.01. The molecule has 0 bridgehead atoms. The molecule has 0 aliphatic carbocycles. The highest BCUT2D eigenvalue weighted by molar-refractivity contribution is 6.13. The predicted octanol–water partition coefficient (Wildman–Crippen LogP) is 3.99. The minimum Gasteiger partial charge on any atom is -0.495 e. The van der Waals surface area contributed by atoms with Crippen LogP contribution in [0.1, 0.15) is 29.3 Å². The highest BCUT2D eigenvalue weighted by atomic mass is 16.5. The maximum absolute atomic E-state index is 13.4. The van der Waals surface area contributed by atoms with E-state index in [1.54, 1.807) is 31.4 Å². The second-order valence-corrected chi connectivity index (χ2v) is 6.08. The molecule has 0 saturated carbocycles. The quantitative estimate of drug-likeness (QED) is 0.386. The summed E-state index contributed by atoms with van der Waals surface area (Å²) in [4.78, 5) is 13.4. The molecule has 0 radical (unpaired) electrons. The highest BCUT2D eigenvalue weighted by Gasteiger charge is 2.26. The van der Waals surface area contributed by atoms with Crippen LogP contribution in [0, 0.1) is 0 Å². The number of methoxy groups -OCH3 is 5. The van der Waals surface area contributed by atoms with Crippen LogP contribution in [0.15, 0.2) is 29.8 Å². The van der Waals surface area contributed by atoms with E-state index in [0.717, 1.165) is 5.56 Å². The van der Waals surface area contributed by atoms with Gasteiger partial charge in [-0.05, 0) is 36.3 Å². The average molecular weight is 401 g/mol. The average Bonchev–Trinajstić information content (AvgIpc) is 2.76. The molecule has 7 nitrogen and oxygen atoms in total. The summed E-state index contributed by atoms with van der Waals surface area (Å²) in [5.41, 5.74) is 8.09. The summed E-state index contributed by atoms with van der Waals surface area (Å²) < 4.78 is 26.9. The van der Waals surface area contributed by atoms with Gasteiger partial charge in [0.25, 0.3) is 0 Å². The number of benzene rings is 2. The Balaban J connectivity index is 2.61. The molecule has 0 saturated heterocycles. The number of Topliss-reactive ketones (excluding diaryl/α,β-unsaturated/α-hetero) is 1. The number of rotatable bonds is 9. The van der Waals surface area contributed by atoms with E-state index in [9.17, 15) is 4.79 Å². The zero-order valence-corrected chi connectivity index (χ0v) is 17.6. The summed E-state index contributed by atoms with van der Waals surface area (Å²) in [7, 11) is 7.49. The summed E-state index contributed by atoms with van der Waals surface area (Å²) in [5.74, 6) is 1.64. The van der Waals surface area contributed by atoms with Crippen LogP contribution < -0.4 is 29.4 Å². The van der Waals surface area contributed by atoms with Crippen molar-refractivity contribution in [1.29, 1.82) is 0 Å². The van der Waals surface area contributed by atoms with Crippen LogP contribution in [0.2, 0.25) is 0 Å². The summed E-state index contributed by atoms with van der Waals surface area (Å²) >= 11 is 0. The van der Waals surface area contributed by atoms with Gasteiger partial charge < -0.3 is 29.4 Å². The van der Waals surface area contributed by atoms with Crippen LogP contribution in [0.5, 0.6) is 28.7 Å². The number of hydrogen-bond acceptors (Lipinski definition) is 7. The second-order valence-electron chi connectivity index (χ2n) is 6.08. The van der Waals surface area contributed by atoms with Crippen molar-refractivity contribution < 1.29 is 28.5 Å². The Morgan fingerprint density at radius 1 is 0.862 bits per heavy atom. The van der Waals surface area contributed by atoms with E-state index in [1.807, 2.05) is 13.0 Å². The smallest absolute Gasteiger partial charge is 0.208 e. The van der Waals surface area contributed by atoms with Crippen molar-refractivity contribution in [3.63, 3.8) is 0 Å². The normalized spacial score (nSPS) is 11.0. The third kappa shape index (κ3) is 4.39. The molecule has 2 N–H and O–H groups in total. The van der Waals surface area contributed by atoms with E-state index in [1.165, 1.54) is 28.4 Å². The molecule has 0 spiro atoms. The van der Waals surface area contributed by atoms with Crippen molar-refractivity contribution >= 4 is 17.5 Å². The number of ether oxygens (including phenoxy) is 5. The van der Waals surface area contributed by atoms with Crippen LogP contribution in [-0.2, 0) is 0 Å². The Kier molecular flexibility index (Phi) is 7.36. The second kappa shape index (κ2) is 9.73. The van der Waals surface area contributed by atoms with Crippen molar-refractivity contribution in [3.8, 4) is 28.7 Å².